The molecule has 1 aliphatic carbocycles. The molecule has 1 saturated carbocycles. The van der Waals surface area contributed by atoms with Gasteiger partial charge in [-0.1, -0.05) is 12.2 Å². The van der Waals surface area contributed by atoms with Gasteiger partial charge in [0.25, 0.3) is 5.91 Å². The molecule has 0 aliphatic heterocycles. The van der Waals surface area contributed by atoms with E-state index in [2.05, 4.69) is 17.9 Å². The maximum Gasteiger partial charge on any atom is 0.254 e. The molecule has 1 N–H and O–H groups in total. The number of carbonyl (C=O) groups is 1. The lowest BCUT2D eigenvalue weighted by molar-refractivity contribution is 0.0790. The Morgan fingerprint density at radius 3 is 2.18 bits per heavy atom. The van der Waals surface area contributed by atoms with Gasteiger partial charge in [0.2, 0.25) is 10.0 Å². The Hall–Kier alpha value is -1.92. The summed E-state index contributed by atoms with van der Waals surface area (Å²) in [5.41, 5.74) is 0.439. The molecule has 0 unspecified atom stereocenters. The van der Waals surface area contributed by atoms with Crippen molar-refractivity contribution in [2.45, 2.75) is 23.8 Å². The molecular formula is C16H20N2O3S. The Morgan fingerprint density at radius 2 is 1.73 bits per heavy atom. The fraction of sp³-hybridized carbons (Fsp3) is 0.312. The van der Waals surface area contributed by atoms with E-state index in [1.807, 2.05) is 0 Å². The normalized spacial score (nSPS) is 14.4. The number of carbonyl (C=O) groups excluding carboxylic acids is 1. The Bertz CT molecular complexity index is 651. The Balaban J connectivity index is 2.14. The molecule has 1 aliphatic rings. The second kappa shape index (κ2) is 6.89. The first kappa shape index (κ1) is 16.5. The van der Waals surface area contributed by atoms with Crippen LogP contribution in [0.1, 0.15) is 23.2 Å². The van der Waals surface area contributed by atoms with Crippen molar-refractivity contribution in [2.24, 2.45) is 0 Å². The van der Waals surface area contributed by atoms with E-state index in [4.69, 9.17) is 0 Å². The molecule has 0 spiro atoms. The Morgan fingerprint density at radius 1 is 1.18 bits per heavy atom. The van der Waals surface area contributed by atoms with Crippen molar-refractivity contribution in [2.75, 3.05) is 13.1 Å². The van der Waals surface area contributed by atoms with Gasteiger partial charge in [-0.2, -0.15) is 0 Å². The maximum atomic E-state index is 12.3. The molecule has 22 heavy (non-hydrogen) atoms. The van der Waals surface area contributed by atoms with Gasteiger partial charge >= 0.3 is 0 Å². The van der Waals surface area contributed by atoms with Crippen molar-refractivity contribution in [3.8, 4) is 0 Å². The van der Waals surface area contributed by atoms with Crippen LogP contribution >= 0.6 is 0 Å². The smallest absolute Gasteiger partial charge is 0.254 e. The van der Waals surface area contributed by atoms with Crippen LogP contribution in [0.25, 0.3) is 0 Å². The quantitative estimate of drug-likeness (QED) is 0.744. The number of nitrogens with one attached hydrogen (secondary N) is 1. The first-order chi connectivity index (χ1) is 10.5. The molecule has 0 saturated heterocycles. The van der Waals surface area contributed by atoms with E-state index in [9.17, 15) is 13.2 Å². The van der Waals surface area contributed by atoms with Crippen LogP contribution in [-0.2, 0) is 10.0 Å². The zero-order chi connectivity index (χ0) is 16.2. The molecule has 5 nitrogen and oxygen atoms in total. The highest BCUT2D eigenvalue weighted by atomic mass is 32.2. The van der Waals surface area contributed by atoms with E-state index in [0.29, 0.717) is 18.7 Å². The maximum absolute atomic E-state index is 12.3. The molecular weight excluding hydrogens is 300 g/mol. The lowest BCUT2D eigenvalue weighted by Gasteiger charge is -2.19. The summed E-state index contributed by atoms with van der Waals surface area (Å²) >= 11 is 0. The molecule has 6 heteroatoms. The second-order valence-corrected chi connectivity index (χ2v) is 6.92. The molecule has 1 aromatic carbocycles. The fourth-order valence-electron chi connectivity index (χ4n) is 2.00. The van der Waals surface area contributed by atoms with E-state index in [1.54, 1.807) is 17.1 Å². The van der Waals surface area contributed by atoms with Crippen LogP contribution in [0.2, 0.25) is 0 Å². The standard InChI is InChI=1S/C16H20N2O3S/c1-3-11-18(12-4-2)16(19)13-5-9-15(10-6-13)22(20,21)17-14-7-8-14/h3-6,9-10,14,17H,1-2,7-8,11-12H2. The van der Waals surface area contributed by atoms with Crippen LogP contribution < -0.4 is 4.72 Å². The minimum Gasteiger partial charge on any atom is -0.331 e. The summed E-state index contributed by atoms with van der Waals surface area (Å²) in [6.07, 6.45) is 5.04. The topological polar surface area (TPSA) is 66.5 Å². The SMILES string of the molecule is C=CCN(CC=C)C(=O)c1ccc(S(=O)(=O)NC2CC2)cc1. The van der Waals surface area contributed by atoms with Crippen molar-refractivity contribution in [1.29, 1.82) is 0 Å². The fourth-order valence-corrected chi connectivity index (χ4v) is 3.30. The minimum absolute atomic E-state index is 0.0574. The lowest BCUT2D eigenvalue weighted by Crippen LogP contribution is -2.31. The largest absolute Gasteiger partial charge is 0.331 e. The molecule has 1 fully saturated rings. The second-order valence-electron chi connectivity index (χ2n) is 5.21. The van der Waals surface area contributed by atoms with Crippen LogP contribution in [-0.4, -0.2) is 38.4 Å². The van der Waals surface area contributed by atoms with Crippen LogP contribution in [0.15, 0.2) is 54.5 Å². The third-order valence-corrected chi connectivity index (χ3v) is 4.83. The predicted molar refractivity (Wildman–Crippen MR) is 86.1 cm³/mol. The van der Waals surface area contributed by atoms with Crippen molar-refractivity contribution in [1.82, 2.24) is 9.62 Å². The molecule has 1 aromatic rings. The average Bonchev–Trinajstić information content (AvgIpc) is 3.30. The van der Waals surface area contributed by atoms with Crippen LogP contribution in [0.4, 0.5) is 0 Å². The lowest BCUT2D eigenvalue weighted by atomic mass is 10.2. The van der Waals surface area contributed by atoms with Gasteiger partial charge in [-0.3, -0.25) is 4.79 Å². The van der Waals surface area contributed by atoms with Gasteiger partial charge in [0.15, 0.2) is 0 Å². The summed E-state index contributed by atoms with van der Waals surface area (Å²) in [6, 6.07) is 6.03. The number of amides is 1. The van der Waals surface area contributed by atoms with Crippen LogP contribution in [0.3, 0.4) is 0 Å². The van der Waals surface area contributed by atoms with Crippen LogP contribution in [0.5, 0.6) is 0 Å². The van der Waals surface area contributed by atoms with E-state index in [-0.39, 0.29) is 16.8 Å². The Labute approximate surface area is 131 Å². The first-order valence-corrected chi connectivity index (χ1v) is 8.59. The highest BCUT2D eigenvalue weighted by Crippen LogP contribution is 2.22. The number of rotatable bonds is 8. The molecule has 0 atom stereocenters. The summed E-state index contributed by atoms with van der Waals surface area (Å²) in [4.78, 5) is 14.1. The van der Waals surface area contributed by atoms with Gasteiger partial charge in [0.1, 0.15) is 0 Å². The van der Waals surface area contributed by atoms with E-state index in [1.165, 1.54) is 24.3 Å². The van der Waals surface area contributed by atoms with Gasteiger partial charge in [-0.05, 0) is 37.1 Å². The van der Waals surface area contributed by atoms with Gasteiger partial charge < -0.3 is 4.90 Å². The zero-order valence-corrected chi connectivity index (χ0v) is 13.2. The number of sulfonamides is 1. The third-order valence-electron chi connectivity index (χ3n) is 3.30. The minimum atomic E-state index is -3.49. The summed E-state index contributed by atoms with van der Waals surface area (Å²) < 4.78 is 26.7. The highest BCUT2D eigenvalue weighted by Gasteiger charge is 2.28. The number of hydrogen-bond donors (Lipinski definition) is 1. The predicted octanol–water partition coefficient (Wildman–Crippen LogP) is 1.94. The molecule has 0 heterocycles. The van der Waals surface area contributed by atoms with E-state index in [0.717, 1.165) is 12.8 Å². The van der Waals surface area contributed by atoms with Gasteiger partial charge in [0, 0.05) is 24.7 Å². The summed E-state index contributed by atoms with van der Waals surface area (Å²) in [7, 11) is -3.49. The third kappa shape index (κ3) is 4.05. The number of nitrogens with zero attached hydrogens (tertiary/aromatic N) is 1. The molecule has 0 aromatic heterocycles. The summed E-state index contributed by atoms with van der Waals surface area (Å²) in [5.74, 6) is -0.182. The average molecular weight is 320 g/mol. The van der Waals surface area contributed by atoms with Gasteiger partial charge in [-0.25, -0.2) is 13.1 Å². The highest BCUT2D eigenvalue weighted by molar-refractivity contribution is 7.89. The van der Waals surface area contributed by atoms with Gasteiger partial charge in [0.05, 0.1) is 4.90 Å². The summed E-state index contributed by atoms with van der Waals surface area (Å²) in [5, 5.41) is 0. The molecule has 2 rings (SSSR count). The van der Waals surface area contributed by atoms with E-state index < -0.39 is 10.0 Å². The van der Waals surface area contributed by atoms with Crippen molar-refractivity contribution in [3.05, 3.63) is 55.1 Å². The monoisotopic (exact) mass is 320 g/mol. The van der Waals surface area contributed by atoms with Crippen LogP contribution in [0, 0.1) is 0 Å². The molecule has 0 bridgehead atoms. The van der Waals surface area contributed by atoms with Gasteiger partial charge in [-0.15, -0.1) is 13.2 Å². The van der Waals surface area contributed by atoms with Crippen molar-refractivity contribution < 1.29 is 13.2 Å². The number of hydrogen-bond acceptors (Lipinski definition) is 3. The molecule has 118 valence electrons. The zero-order valence-electron chi connectivity index (χ0n) is 12.4. The molecule has 1 amide bonds. The Kier molecular flexibility index (Phi) is 5.15. The molecule has 0 radical (unpaired) electrons. The van der Waals surface area contributed by atoms with E-state index >= 15 is 0 Å². The number of benzene rings is 1. The van der Waals surface area contributed by atoms with Crippen molar-refractivity contribution in [3.63, 3.8) is 0 Å². The van der Waals surface area contributed by atoms with Crippen molar-refractivity contribution >= 4 is 15.9 Å². The first-order valence-electron chi connectivity index (χ1n) is 7.11. The summed E-state index contributed by atoms with van der Waals surface area (Å²) in [6.45, 7) is 8.07.